The standard InChI is InChI=1S/C8H17N/c1-7(2)6-9(5)8(7,3)4/h6H2,1-5H3. The number of rotatable bonds is 0. The molecule has 0 aliphatic carbocycles. The molecule has 1 aliphatic rings. The van der Waals surface area contributed by atoms with Gasteiger partial charge in [0.1, 0.15) is 0 Å². The molecule has 1 heteroatoms. The molecule has 1 rings (SSSR count). The third-order valence-electron chi connectivity index (χ3n) is 3.24. The maximum absolute atomic E-state index is 2.40. The van der Waals surface area contributed by atoms with Crippen LogP contribution in [0, 0.1) is 5.41 Å². The Labute approximate surface area is 58.0 Å². The summed E-state index contributed by atoms with van der Waals surface area (Å²) in [6.45, 7) is 10.5. The van der Waals surface area contributed by atoms with Crippen LogP contribution in [-0.2, 0) is 0 Å². The molecule has 54 valence electrons. The molecule has 0 aromatic heterocycles. The number of nitrogens with zero attached hydrogens (tertiary/aromatic N) is 1. The molecule has 9 heavy (non-hydrogen) atoms. The van der Waals surface area contributed by atoms with Crippen LogP contribution in [0.15, 0.2) is 0 Å². The molecule has 0 spiro atoms. The molecule has 0 aromatic carbocycles. The molecule has 0 N–H and O–H groups in total. The van der Waals surface area contributed by atoms with Gasteiger partial charge >= 0.3 is 0 Å². The molecule has 0 atom stereocenters. The van der Waals surface area contributed by atoms with Crippen LogP contribution in [0.3, 0.4) is 0 Å². The van der Waals surface area contributed by atoms with Gasteiger partial charge in [0.05, 0.1) is 0 Å². The van der Waals surface area contributed by atoms with Crippen LogP contribution < -0.4 is 0 Å². The van der Waals surface area contributed by atoms with E-state index in [1.54, 1.807) is 0 Å². The van der Waals surface area contributed by atoms with E-state index in [1.807, 2.05) is 0 Å². The summed E-state index contributed by atoms with van der Waals surface area (Å²) in [5.74, 6) is 0. The normalized spacial score (nSPS) is 31.7. The lowest BCUT2D eigenvalue weighted by atomic mass is 9.66. The zero-order chi connectivity index (χ0) is 7.28. The first-order valence-corrected chi connectivity index (χ1v) is 3.59. The van der Waals surface area contributed by atoms with Crippen LogP contribution in [0.25, 0.3) is 0 Å². The van der Waals surface area contributed by atoms with E-state index in [1.165, 1.54) is 6.54 Å². The van der Waals surface area contributed by atoms with Gasteiger partial charge < -0.3 is 4.90 Å². The second kappa shape index (κ2) is 1.51. The van der Waals surface area contributed by atoms with Gasteiger partial charge in [-0.05, 0) is 26.3 Å². The zero-order valence-electron chi connectivity index (χ0n) is 7.15. The quantitative estimate of drug-likeness (QED) is 0.479. The highest BCUT2D eigenvalue weighted by atomic mass is 15.3. The van der Waals surface area contributed by atoms with Crippen molar-refractivity contribution in [3.63, 3.8) is 0 Å². The third-order valence-corrected chi connectivity index (χ3v) is 3.24. The van der Waals surface area contributed by atoms with Crippen molar-refractivity contribution in [2.75, 3.05) is 13.6 Å². The molecular weight excluding hydrogens is 110 g/mol. The molecule has 1 fully saturated rings. The molecule has 0 aromatic rings. The Bertz CT molecular complexity index is 125. The second-order valence-corrected chi connectivity index (χ2v) is 4.30. The van der Waals surface area contributed by atoms with E-state index in [2.05, 4.69) is 39.6 Å². The zero-order valence-corrected chi connectivity index (χ0v) is 7.15. The number of likely N-dealkylation sites (tertiary alicyclic amines) is 1. The van der Waals surface area contributed by atoms with Gasteiger partial charge in [-0.1, -0.05) is 13.8 Å². The van der Waals surface area contributed by atoms with Gasteiger partial charge in [0, 0.05) is 12.1 Å². The fraction of sp³-hybridized carbons (Fsp3) is 1.00. The lowest BCUT2D eigenvalue weighted by Gasteiger charge is -2.60. The van der Waals surface area contributed by atoms with E-state index in [9.17, 15) is 0 Å². The van der Waals surface area contributed by atoms with Gasteiger partial charge in [0.15, 0.2) is 0 Å². The van der Waals surface area contributed by atoms with E-state index in [0.29, 0.717) is 11.0 Å². The fourth-order valence-electron chi connectivity index (χ4n) is 1.41. The molecule has 0 unspecified atom stereocenters. The van der Waals surface area contributed by atoms with E-state index in [-0.39, 0.29) is 0 Å². The van der Waals surface area contributed by atoms with Gasteiger partial charge in [-0.15, -0.1) is 0 Å². The maximum Gasteiger partial charge on any atom is 0.0213 e. The molecule has 1 aliphatic heterocycles. The van der Waals surface area contributed by atoms with Gasteiger partial charge in [0.25, 0.3) is 0 Å². The fourth-order valence-corrected chi connectivity index (χ4v) is 1.41. The van der Waals surface area contributed by atoms with E-state index < -0.39 is 0 Å². The van der Waals surface area contributed by atoms with Crippen LogP contribution in [0.5, 0.6) is 0 Å². The highest BCUT2D eigenvalue weighted by Crippen LogP contribution is 2.44. The molecule has 0 radical (unpaired) electrons. The van der Waals surface area contributed by atoms with E-state index in [0.717, 1.165) is 0 Å². The van der Waals surface area contributed by atoms with Gasteiger partial charge in [-0.3, -0.25) is 0 Å². The van der Waals surface area contributed by atoms with Crippen LogP contribution >= 0.6 is 0 Å². The van der Waals surface area contributed by atoms with Crippen molar-refractivity contribution in [1.29, 1.82) is 0 Å². The van der Waals surface area contributed by atoms with Crippen LogP contribution in [0.4, 0.5) is 0 Å². The Balaban J connectivity index is 2.70. The summed E-state index contributed by atoms with van der Waals surface area (Å²) in [4.78, 5) is 2.40. The summed E-state index contributed by atoms with van der Waals surface area (Å²) in [5, 5.41) is 0. The SMILES string of the molecule is CN1CC(C)(C)C1(C)C. The molecule has 0 saturated carbocycles. The summed E-state index contributed by atoms with van der Waals surface area (Å²) in [5.41, 5.74) is 0.925. The third kappa shape index (κ3) is 0.710. The topological polar surface area (TPSA) is 3.24 Å². The first-order valence-electron chi connectivity index (χ1n) is 3.59. The highest BCUT2D eigenvalue weighted by molar-refractivity contribution is 5.04. The Morgan fingerprint density at radius 2 is 1.56 bits per heavy atom. The second-order valence-electron chi connectivity index (χ2n) is 4.30. The summed E-state index contributed by atoms with van der Waals surface area (Å²) in [6, 6.07) is 0. The molecule has 0 amide bonds. The smallest absolute Gasteiger partial charge is 0.0213 e. The van der Waals surface area contributed by atoms with Crippen molar-refractivity contribution in [3.05, 3.63) is 0 Å². The Morgan fingerprint density at radius 1 is 1.11 bits per heavy atom. The lowest BCUT2D eigenvalue weighted by Crippen LogP contribution is -2.67. The first-order chi connectivity index (χ1) is 3.88. The van der Waals surface area contributed by atoms with Crippen molar-refractivity contribution in [2.45, 2.75) is 33.2 Å². The van der Waals surface area contributed by atoms with Crippen molar-refractivity contribution >= 4 is 0 Å². The minimum absolute atomic E-state index is 0.410. The lowest BCUT2D eigenvalue weighted by molar-refractivity contribution is -0.0979. The summed E-state index contributed by atoms with van der Waals surface area (Å²) in [7, 11) is 2.19. The maximum atomic E-state index is 2.40. The predicted octanol–water partition coefficient (Wildman–Crippen LogP) is 1.74. The number of hydrogen-bond acceptors (Lipinski definition) is 1. The van der Waals surface area contributed by atoms with Crippen LogP contribution in [0.2, 0.25) is 0 Å². The predicted molar refractivity (Wildman–Crippen MR) is 40.5 cm³/mol. The highest BCUT2D eigenvalue weighted by Gasteiger charge is 2.49. The number of hydrogen-bond donors (Lipinski definition) is 0. The molecule has 0 bridgehead atoms. The summed E-state index contributed by atoms with van der Waals surface area (Å²) < 4.78 is 0. The van der Waals surface area contributed by atoms with E-state index >= 15 is 0 Å². The van der Waals surface area contributed by atoms with Crippen LogP contribution in [-0.4, -0.2) is 24.0 Å². The molecule has 1 nitrogen and oxygen atoms in total. The van der Waals surface area contributed by atoms with Crippen molar-refractivity contribution < 1.29 is 0 Å². The minimum atomic E-state index is 0.410. The summed E-state index contributed by atoms with van der Waals surface area (Å²) in [6.07, 6.45) is 0. The Kier molecular flexibility index (Phi) is 1.19. The minimum Gasteiger partial charge on any atom is -0.300 e. The summed E-state index contributed by atoms with van der Waals surface area (Å²) >= 11 is 0. The van der Waals surface area contributed by atoms with Gasteiger partial charge in [-0.2, -0.15) is 0 Å². The monoisotopic (exact) mass is 127 g/mol. The van der Waals surface area contributed by atoms with Crippen molar-refractivity contribution in [1.82, 2.24) is 4.90 Å². The Morgan fingerprint density at radius 3 is 1.56 bits per heavy atom. The van der Waals surface area contributed by atoms with Crippen molar-refractivity contribution in [2.24, 2.45) is 5.41 Å². The van der Waals surface area contributed by atoms with Crippen LogP contribution in [0.1, 0.15) is 27.7 Å². The Hall–Kier alpha value is -0.0400. The average molecular weight is 127 g/mol. The van der Waals surface area contributed by atoms with Gasteiger partial charge in [0.2, 0.25) is 0 Å². The van der Waals surface area contributed by atoms with Gasteiger partial charge in [-0.25, -0.2) is 0 Å². The molecule has 1 saturated heterocycles. The molecule has 1 heterocycles. The molecular formula is C8H17N. The average Bonchev–Trinajstić information content (AvgIpc) is 1.65. The largest absolute Gasteiger partial charge is 0.300 e. The van der Waals surface area contributed by atoms with E-state index in [4.69, 9.17) is 0 Å². The van der Waals surface area contributed by atoms with Crippen molar-refractivity contribution in [3.8, 4) is 0 Å². The first kappa shape index (κ1) is 7.07.